The number of anilines is 1. The highest BCUT2D eigenvalue weighted by atomic mass is 35.5. The van der Waals surface area contributed by atoms with Crippen LogP contribution in [0, 0.1) is 5.92 Å². The molecule has 9 nitrogen and oxygen atoms in total. The summed E-state index contributed by atoms with van der Waals surface area (Å²) in [6, 6.07) is 12.8. The quantitative estimate of drug-likeness (QED) is 0.276. The van der Waals surface area contributed by atoms with Crippen molar-refractivity contribution >= 4 is 46.8 Å². The van der Waals surface area contributed by atoms with Crippen molar-refractivity contribution in [2.24, 2.45) is 13.0 Å². The molecule has 196 valence electrons. The molecule has 0 fully saturated rings. The Bertz CT molecular complexity index is 1260. The van der Waals surface area contributed by atoms with E-state index in [4.69, 9.17) is 16.3 Å². The number of benzene rings is 2. The largest absolute Gasteiger partial charge is 0.459 e. The summed E-state index contributed by atoms with van der Waals surface area (Å²) in [5.74, 6) is -0.260. The smallest absolute Gasteiger partial charge is 0.338 e. The number of ether oxygens (including phenoxy) is 1. The molecule has 0 spiro atoms. The molecule has 0 radical (unpaired) electrons. The Kier molecular flexibility index (Phi) is 9.71. The van der Waals surface area contributed by atoms with Crippen molar-refractivity contribution in [1.82, 2.24) is 20.1 Å². The van der Waals surface area contributed by atoms with Crippen molar-refractivity contribution in [3.05, 3.63) is 70.5 Å². The molecule has 2 N–H and O–H groups in total. The summed E-state index contributed by atoms with van der Waals surface area (Å²) in [5.41, 5.74) is 1.34. The Morgan fingerprint density at radius 3 is 2.38 bits per heavy atom. The molecule has 0 aliphatic carbocycles. The normalized spacial score (nSPS) is 11.9. The first-order chi connectivity index (χ1) is 17.5. The van der Waals surface area contributed by atoms with Crippen molar-refractivity contribution < 1.29 is 19.1 Å². The second-order valence-corrected chi connectivity index (χ2v) is 10.4. The van der Waals surface area contributed by atoms with Gasteiger partial charge in [-0.2, -0.15) is 0 Å². The highest BCUT2D eigenvalue weighted by molar-refractivity contribution is 7.99. The number of halogens is 1. The highest BCUT2D eigenvalue weighted by Crippen LogP contribution is 2.25. The molecule has 37 heavy (non-hydrogen) atoms. The summed E-state index contributed by atoms with van der Waals surface area (Å²) in [5, 5.41) is 15.4. The van der Waals surface area contributed by atoms with Crippen molar-refractivity contribution in [3.63, 3.8) is 0 Å². The first-order valence-electron chi connectivity index (χ1n) is 11.7. The van der Waals surface area contributed by atoms with Gasteiger partial charge in [-0.3, -0.25) is 9.59 Å². The van der Waals surface area contributed by atoms with Crippen LogP contribution in [-0.4, -0.2) is 44.4 Å². The predicted molar refractivity (Wildman–Crippen MR) is 144 cm³/mol. The van der Waals surface area contributed by atoms with E-state index in [2.05, 4.69) is 20.8 Å². The lowest BCUT2D eigenvalue weighted by atomic mass is 10.0. The number of carbonyl (C=O) groups excluding carboxylic acids is 3. The Morgan fingerprint density at radius 1 is 1.03 bits per heavy atom. The van der Waals surface area contributed by atoms with Gasteiger partial charge in [-0.1, -0.05) is 43.3 Å². The van der Waals surface area contributed by atoms with Crippen molar-refractivity contribution in [3.8, 4) is 0 Å². The van der Waals surface area contributed by atoms with Gasteiger partial charge in [0.05, 0.1) is 23.5 Å². The summed E-state index contributed by atoms with van der Waals surface area (Å²) in [6.45, 7) is 7.50. The van der Waals surface area contributed by atoms with Gasteiger partial charge in [-0.25, -0.2) is 4.79 Å². The number of amides is 2. The summed E-state index contributed by atoms with van der Waals surface area (Å²) in [7, 11) is 1.79. The Balaban J connectivity index is 1.63. The Hall–Kier alpha value is -3.37. The standard InChI is InChI=1S/C26H30ClN5O4S/c1-15(2)22(29-24(34)17-9-11-19(27)12-10-17)23-30-31-26(32(23)5)37-14-21(33)28-20-8-6-7-18(13-20)25(35)36-16(3)4/h6-13,15-16,22H,14H2,1-5H3,(H,28,33)(H,29,34)/t22-/m0/s1. The fraction of sp³-hybridized carbons (Fsp3) is 0.346. The van der Waals surface area contributed by atoms with Crippen LogP contribution in [0.5, 0.6) is 0 Å². The van der Waals surface area contributed by atoms with Crippen LogP contribution in [0.3, 0.4) is 0 Å². The van der Waals surface area contributed by atoms with E-state index in [0.717, 1.165) is 0 Å². The second-order valence-electron chi connectivity index (χ2n) is 8.97. The van der Waals surface area contributed by atoms with Crippen molar-refractivity contribution in [1.29, 1.82) is 0 Å². The first kappa shape index (κ1) is 28.2. The monoisotopic (exact) mass is 543 g/mol. The molecule has 3 aromatic rings. The van der Waals surface area contributed by atoms with E-state index in [1.165, 1.54) is 11.8 Å². The minimum atomic E-state index is -0.449. The number of carbonyl (C=O) groups is 3. The number of thioether (sulfide) groups is 1. The molecule has 11 heteroatoms. The maximum absolute atomic E-state index is 12.8. The molecule has 3 rings (SSSR count). The van der Waals surface area contributed by atoms with E-state index in [9.17, 15) is 14.4 Å². The fourth-order valence-electron chi connectivity index (χ4n) is 3.41. The minimum absolute atomic E-state index is 0.0370. The molecule has 0 unspecified atom stereocenters. The third-order valence-corrected chi connectivity index (χ3v) is 6.54. The van der Waals surface area contributed by atoms with Crippen LogP contribution < -0.4 is 10.6 Å². The van der Waals surface area contributed by atoms with E-state index >= 15 is 0 Å². The van der Waals surface area contributed by atoms with Crippen molar-refractivity contribution in [2.45, 2.75) is 45.0 Å². The van der Waals surface area contributed by atoms with Gasteiger partial charge in [-0.15, -0.1) is 10.2 Å². The van der Waals surface area contributed by atoms with E-state index in [1.54, 1.807) is 74.0 Å². The summed E-state index contributed by atoms with van der Waals surface area (Å²) < 4.78 is 6.97. The number of nitrogens with zero attached hydrogens (tertiary/aromatic N) is 3. The van der Waals surface area contributed by atoms with Gasteiger partial charge in [0.1, 0.15) is 0 Å². The third-order valence-electron chi connectivity index (χ3n) is 5.26. The maximum Gasteiger partial charge on any atom is 0.338 e. The van der Waals surface area contributed by atoms with Crippen molar-refractivity contribution in [2.75, 3.05) is 11.1 Å². The number of esters is 1. The first-order valence-corrected chi connectivity index (χ1v) is 13.1. The van der Waals surface area contributed by atoms with Crippen LogP contribution >= 0.6 is 23.4 Å². The van der Waals surface area contributed by atoms with Gasteiger partial charge in [0.2, 0.25) is 5.91 Å². The third kappa shape index (κ3) is 7.80. The number of hydrogen-bond acceptors (Lipinski definition) is 7. The van der Waals surface area contributed by atoms with E-state index < -0.39 is 12.0 Å². The van der Waals surface area contributed by atoms with Gasteiger partial charge >= 0.3 is 5.97 Å². The Morgan fingerprint density at radius 2 is 1.73 bits per heavy atom. The molecule has 2 aromatic carbocycles. The zero-order valence-corrected chi connectivity index (χ0v) is 22.9. The number of rotatable bonds is 10. The van der Waals surface area contributed by atoms with Crippen LogP contribution in [0.2, 0.25) is 5.02 Å². The zero-order valence-electron chi connectivity index (χ0n) is 21.3. The molecule has 0 aliphatic heterocycles. The molecule has 1 heterocycles. The molecule has 0 saturated carbocycles. The van der Waals surface area contributed by atoms with Crippen LogP contribution in [0.25, 0.3) is 0 Å². The Labute approximate surface area is 225 Å². The number of aromatic nitrogens is 3. The average molecular weight is 544 g/mol. The SMILES string of the molecule is CC(C)OC(=O)c1cccc(NC(=O)CSc2nnc([C@@H](NC(=O)c3ccc(Cl)cc3)C(C)C)n2C)c1. The molecule has 0 bridgehead atoms. The van der Waals surface area contributed by atoms with Gasteiger partial charge < -0.3 is 19.9 Å². The number of nitrogens with one attached hydrogen (secondary N) is 2. The lowest BCUT2D eigenvalue weighted by Gasteiger charge is -2.21. The van der Waals surface area contributed by atoms with Crippen LogP contribution in [0.4, 0.5) is 5.69 Å². The van der Waals surface area contributed by atoms with Crippen LogP contribution in [0.15, 0.2) is 53.7 Å². The second kappa shape index (κ2) is 12.7. The fourth-order valence-corrected chi connectivity index (χ4v) is 4.26. The summed E-state index contributed by atoms with van der Waals surface area (Å²) in [4.78, 5) is 37.4. The molecule has 0 aliphatic rings. The summed E-state index contributed by atoms with van der Waals surface area (Å²) >= 11 is 7.14. The molecular weight excluding hydrogens is 514 g/mol. The van der Waals surface area contributed by atoms with Gasteiger partial charge in [0.25, 0.3) is 5.91 Å². The topological polar surface area (TPSA) is 115 Å². The van der Waals surface area contributed by atoms with E-state index in [0.29, 0.717) is 32.8 Å². The van der Waals surface area contributed by atoms with Crippen LogP contribution in [-0.2, 0) is 16.6 Å². The van der Waals surface area contributed by atoms with E-state index in [-0.39, 0.29) is 29.6 Å². The molecule has 2 amide bonds. The lowest BCUT2D eigenvalue weighted by molar-refractivity contribution is -0.113. The molecule has 1 atom stereocenters. The average Bonchev–Trinajstić information content (AvgIpc) is 3.20. The molecule has 1 aromatic heterocycles. The maximum atomic E-state index is 12.8. The minimum Gasteiger partial charge on any atom is -0.459 e. The van der Waals surface area contributed by atoms with Gasteiger partial charge in [0.15, 0.2) is 11.0 Å². The van der Waals surface area contributed by atoms with E-state index in [1.807, 2.05) is 13.8 Å². The zero-order chi connectivity index (χ0) is 27.1. The van der Waals surface area contributed by atoms with Crippen LogP contribution in [0.1, 0.15) is 60.3 Å². The predicted octanol–water partition coefficient (Wildman–Crippen LogP) is 4.89. The molecular formula is C26H30ClN5O4S. The van der Waals surface area contributed by atoms with Gasteiger partial charge in [-0.05, 0) is 62.2 Å². The van der Waals surface area contributed by atoms with Gasteiger partial charge in [0, 0.05) is 23.3 Å². The molecule has 0 saturated heterocycles. The number of hydrogen-bond donors (Lipinski definition) is 2. The lowest BCUT2D eigenvalue weighted by Crippen LogP contribution is -2.33. The highest BCUT2D eigenvalue weighted by Gasteiger charge is 2.25. The summed E-state index contributed by atoms with van der Waals surface area (Å²) in [6.07, 6.45) is -0.237.